The van der Waals surface area contributed by atoms with E-state index in [4.69, 9.17) is 0 Å². The van der Waals surface area contributed by atoms with Crippen LogP contribution in [0.5, 0.6) is 0 Å². The number of rotatable bonds is 30. The van der Waals surface area contributed by atoms with Crippen LogP contribution in [0.2, 0.25) is 0 Å². The molecule has 2 N–H and O–H groups in total. The number of nitrogens with one attached hydrogen (secondary N) is 2. The molecule has 732 valence electrons. The van der Waals surface area contributed by atoms with Crippen molar-refractivity contribution >= 4 is 86.9 Å². The van der Waals surface area contributed by atoms with Crippen LogP contribution in [0, 0.1) is 19.8 Å². The Balaban J connectivity index is 0.000000129. The van der Waals surface area contributed by atoms with E-state index in [0.717, 1.165) is 224 Å². The molecule has 6 aliphatic rings. The minimum absolute atomic E-state index is 0.109. The Morgan fingerprint density at radius 2 is 0.681 bits per heavy atom. The third-order valence-electron chi connectivity index (χ3n) is 27.9. The van der Waals surface area contributed by atoms with Crippen molar-refractivity contribution < 1.29 is 47.9 Å². The fourth-order valence-corrected chi connectivity index (χ4v) is 19.5. The van der Waals surface area contributed by atoms with Gasteiger partial charge in [-0.3, -0.25) is 57.9 Å². The van der Waals surface area contributed by atoms with Gasteiger partial charge in [0.2, 0.25) is 29.5 Å². The number of H-pyrrole nitrogens is 1. The lowest BCUT2D eigenvalue weighted by molar-refractivity contribution is -0.119. The highest BCUT2D eigenvalue weighted by Gasteiger charge is 2.31. The minimum Gasteiger partial charge on any atom is -0.348 e. The van der Waals surface area contributed by atoms with E-state index in [1.165, 1.54) is 34.1 Å². The number of hydrogen-bond donors (Lipinski definition) is 2. The standard InChI is InChI=1S/2C26H26N2O2.C24H23N3O2.C23H23N3O2.C23H26N2O2/c1-3-26(30)28-13-12-23-15-22(9-10-24(23)28)20-5-7-21(8-6-20)25(29)11-4-19-14-18(2)16-27-17-19;1-3-26(30)28-14-12-22-16-23(18(2)15-24(22)28)20-7-9-21(10-8-20)25(29)11-6-19-5-4-13-27-17-19;1-2-24(29)27-14-12-20-15-19(7-9-22(20)27)17-3-5-18(6-4-17)23(28)10-8-21-11-13-25-16-26-21;1-2-23(28)26-12-11-19-13-18(7-9-21(19)26)16-3-5-17(6-4-16)22(27)10-8-20-14-24-15-25-20;1-2-23(27)25-12-11-20-13-19(8-9-21(20)25)17-4-6-18(7-5-17)22(26)10-3-16-14-24-15-16/h5-10,14-17H,3-4,11-13H2,1-2H3;4-5,7-10,13,15-17H,3,6,11-12,14H2,1-2H3;3-7,9,11,13,15-16H,2,8,10,12,14H2,1H3;3-7,9,13-15H,2,8,10-12H2,1H3,(H,24,25);4-9,13,16,24H,2-3,10-12,14-15H2,1H3. The molecule has 4 aromatic heterocycles. The zero-order chi connectivity index (χ0) is 101. The number of carbonyl (C=O) groups is 10. The number of amides is 5. The monoisotopic (exact) mass is 1920 g/mol. The van der Waals surface area contributed by atoms with Crippen LogP contribution in [-0.4, -0.2) is 134 Å². The molecular formula is C122H124N12O10. The molecule has 1 saturated heterocycles. The number of pyridine rings is 2. The number of hydrogen-bond acceptors (Lipinski definition) is 16. The normalized spacial score (nSPS) is 13.3. The third kappa shape index (κ3) is 25.1. The van der Waals surface area contributed by atoms with Gasteiger partial charge in [0.05, 0.1) is 6.33 Å². The lowest BCUT2D eigenvalue weighted by Gasteiger charge is -2.26. The Morgan fingerprint density at radius 3 is 1.03 bits per heavy atom. The summed E-state index contributed by atoms with van der Waals surface area (Å²) >= 11 is 0. The Hall–Kier alpha value is -15.6. The van der Waals surface area contributed by atoms with Gasteiger partial charge in [-0.1, -0.05) is 192 Å². The zero-order valence-corrected chi connectivity index (χ0v) is 83.3. The molecule has 10 heterocycles. The van der Waals surface area contributed by atoms with Crippen LogP contribution < -0.4 is 29.8 Å². The average molecular weight is 1920 g/mol. The van der Waals surface area contributed by atoms with E-state index in [-0.39, 0.29) is 58.5 Å². The molecule has 1 fully saturated rings. The number of aromatic amines is 1. The highest BCUT2D eigenvalue weighted by Crippen LogP contribution is 2.41. The number of aromatic nitrogens is 6. The van der Waals surface area contributed by atoms with Crippen molar-refractivity contribution in [2.24, 2.45) is 5.92 Å². The van der Waals surface area contributed by atoms with Crippen LogP contribution in [-0.2, 0) is 81.8 Å². The van der Waals surface area contributed by atoms with E-state index in [1.54, 1.807) is 24.9 Å². The molecule has 0 spiro atoms. The van der Waals surface area contributed by atoms with Gasteiger partial charge in [-0.15, -0.1) is 0 Å². The van der Waals surface area contributed by atoms with Crippen molar-refractivity contribution in [3.63, 3.8) is 0 Å². The third-order valence-corrected chi connectivity index (χ3v) is 27.9. The average Bonchev–Trinajstić information content (AvgIpc) is 1.62. The van der Waals surface area contributed by atoms with E-state index >= 15 is 0 Å². The van der Waals surface area contributed by atoms with Gasteiger partial charge in [0.1, 0.15) is 6.33 Å². The van der Waals surface area contributed by atoms with Crippen LogP contribution in [0.3, 0.4) is 0 Å². The first-order valence-corrected chi connectivity index (χ1v) is 50.7. The molecule has 20 rings (SSSR count). The van der Waals surface area contributed by atoms with Crippen molar-refractivity contribution in [2.75, 3.05) is 70.3 Å². The van der Waals surface area contributed by atoms with Crippen molar-refractivity contribution in [2.45, 2.75) is 177 Å². The highest BCUT2D eigenvalue weighted by atomic mass is 16.2. The predicted octanol–water partition coefficient (Wildman–Crippen LogP) is 22.6. The van der Waals surface area contributed by atoms with Crippen molar-refractivity contribution in [3.05, 3.63) is 370 Å². The Kier molecular flexibility index (Phi) is 34.0. The summed E-state index contributed by atoms with van der Waals surface area (Å²) in [6, 6.07) is 76.4. The van der Waals surface area contributed by atoms with Gasteiger partial charge in [-0.2, -0.15) is 0 Å². The van der Waals surface area contributed by atoms with Gasteiger partial charge in [0.15, 0.2) is 28.9 Å². The second-order valence-corrected chi connectivity index (χ2v) is 37.5. The van der Waals surface area contributed by atoms with Crippen LogP contribution in [0.4, 0.5) is 28.4 Å². The van der Waals surface area contributed by atoms with Crippen LogP contribution in [0.1, 0.15) is 218 Å². The molecule has 0 atom stereocenters. The first-order valence-electron chi connectivity index (χ1n) is 50.7. The molecule has 22 nitrogen and oxygen atoms in total. The first kappa shape index (κ1) is 101. The highest BCUT2D eigenvalue weighted by molar-refractivity contribution is 6.03. The van der Waals surface area contributed by atoms with Crippen LogP contribution in [0.15, 0.2) is 280 Å². The van der Waals surface area contributed by atoms with Crippen molar-refractivity contribution in [1.29, 1.82) is 0 Å². The predicted molar refractivity (Wildman–Crippen MR) is 570 cm³/mol. The summed E-state index contributed by atoms with van der Waals surface area (Å²) < 4.78 is 0. The second-order valence-electron chi connectivity index (χ2n) is 37.5. The SMILES string of the molecule is CCC(=O)N1CCc2cc(-c3ccc(C(=O)CCC4CNC4)cc3)ccc21.CCC(=O)N1CCc2cc(-c3ccc(C(=O)CCc4cccnc4)cc3)c(C)cc21.CCC(=O)N1CCc2cc(-c3ccc(C(=O)CCc4ccncn4)cc3)ccc21.CCC(=O)N1CCc2cc(-c3ccc(C(=O)CCc4cnc[nH]4)cc3)ccc21.CCC(=O)N1CCc2cc(-c3ccc(C(=O)CCc4cncc(C)c4)cc3)ccc21. The molecule has 0 radical (unpaired) electrons. The Bertz CT molecular complexity index is 6970. The number of benzene rings is 10. The summed E-state index contributed by atoms with van der Waals surface area (Å²) in [5, 5.41) is 3.25. The molecule has 0 saturated carbocycles. The second kappa shape index (κ2) is 48.3. The summed E-state index contributed by atoms with van der Waals surface area (Å²) in [7, 11) is 0. The quantitative estimate of drug-likeness (QED) is 0.0396. The summed E-state index contributed by atoms with van der Waals surface area (Å²) in [5.74, 6) is 2.29. The summed E-state index contributed by atoms with van der Waals surface area (Å²) in [6.45, 7) is 19.5. The lowest BCUT2D eigenvalue weighted by Crippen LogP contribution is -2.42. The van der Waals surface area contributed by atoms with E-state index < -0.39 is 0 Å². The maximum Gasteiger partial charge on any atom is 0.226 e. The zero-order valence-electron chi connectivity index (χ0n) is 83.3. The van der Waals surface area contributed by atoms with Gasteiger partial charge in [0, 0.05) is 202 Å². The number of fused-ring (bicyclic) bond motifs is 5. The summed E-state index contributed by atoms with van der Waals surface area (Å²) in [4.78, 5) is 156. The van der Waals surface area contributed by atoms with Crippen LogP contribution >= 0.6 is 0 Å². The van der Waals surface area contributed by atoms with E-state index in [0.29, 0.717) is 101 Å². The number of aryl methyl sites for hydroxylation is 6. The van der Waals surface area contributed by atoms with Gasteiger partial charge < -0.3 is 34.8 Å². The molecular weight excluding hydrogens is 1790 g/mol. The fourth-order valence-electron chi connectivity index (χ4n) is 19.5. The number of Topliss-reactive ketones (excluding diaryl/α,β-unsaturated/α-hetero) is 5. The van der Waals surface area contributed by atoms with E-state index in [2.05, 4.69) is 109 Å². The van der Waals surface area contributed by atoms with Gasteiger partial charge in [-0.05, 0) is 276 Å². The molecule has 22 heteroatoms. The first-order chi connectivity index (χ1) is 70.1. The van der Waals surface area contributed by atoms with Gasteiger partial charge in [0.25, 0.3) is 0 Å². The minimum atomic E-state index is 0.109. The number of nitrogens with zero attached hydrogens (tertiary/aromatic N) is 10. The number of anilines is 5. The number of ketones is 5. The largest absolute Gasteiger partial charge is 0.348 e. The molecule has 0 unspecified atom stereocenters. The van der Waals surface area contributed by atoms with Crippen molar-refractivity contribution in [1.82, 2.24) is 35.2 Å². The van der Waals surface area contributed by atoms with Crippen LogP contribution in [0.25, 0.3) is 55.6 Å². The van der Waals surface area contributed by atoms with Gasteiger partial charge in [-0.25, -0.2) is 15.0 Å². The molecule has 14 aromatic rings. The molecule has 144 heavy (non-hydrogen) atoms. The maximum absolute atomic E-state index is 12.6. The maximum atomic E-state index is 12.6. The van der Waals surface area contributed by atoms with E-state index in [1.807, 2.05) is 248 Å². The smallest absolute Gasteiger partial charge is 0.226 e. The topological polar surface area (TPSA) is 279 Å². The van der Waals surface area contributed by atoms with Crippen molar-refractivity contribution in [3.8, 4) is 55.6 Å². The Morgan fingerprint density at radius 1 is 0.319 bits per heavy atom. The summed E-state index contributed by atoms with van der Waals surface area (Å²) in [6.07, 6.45) is 27.0. The molecule has 6 aliphatic heterocycles. The molecule has 5 amide bonds. The molecule has 10 aromatic carbocycles. The van der Waals surface area contributed by atoms with E-state index in [9.17, 15) is 47.9 Å². The Labute approximate surface area is 843 Å². The fraction of sp³-hybridized carbons (Fsp3) is 0.287. The molecule has 0 bridgehead atoms. The van der Waals surface area contributed by atoms with Gasteiger partial charge >= 0.3 is 0 Å². The molecule has 0 aliphatic carbocycles. The lowest BCUT2D eigenvalue weighted by atomic mass is 9.93. The number of carbonyl (C=O) groups excluding carboxylic acids is 10. The summed E-state index contributed by atoms with van der Waals surface area (Å²) in [5.41, 5.74) is 32.3. The number of imidazole rings is 1.